The fourth-order valence-corrected chi connectivity index (χ4v) is 2.08. The minimum atomic E-state index is -0.735. The molecule has 1 aliphatic rings. The van der Waals surface area contributed by atoms with Crippen molar-refractivity contribution in [3.8, 4) is 0 Å². The number of rotatable bonds is 6. The molecule has 1 fully saturated rings. The fraction of sp³-hybridized carbons (Fsp3) is 0.846. The van der Waals surface area contributed by atoms with Crippen LogP contribution in [0.4, 0.5) is 0 Å². The lowest BCUT2D eigenvalue weighted by atomic mass is 10.1. The van der Waals surface area contributed by atoms with Gasteiger partial charge in [-0.2, -0.15) is 4.98 Å². The molecule has 3 atom stereocenters. The second-order valence-corrected chi connectivity index (χ2v) is 5.44. The average Bonchev–Trinajstić information content (AvgIpc) is 2.97. The lowest BCUT2D eigenvalue weighted by Crippen LogP contribution is -2.39. The van der Waals surface area contributed by atoms with E-state index in [1.807, 2.05) is 13.8 Å². The summed E-state index contributed by atoms with van der Waals surface area (Å²) in [6, 6.07) is 0. The first kappa shape index (κ1) is 14.4. The molecule has 0 amide bonds. The van der Waals surface area contributed by atoms with Crippen molar-refractivity contribution in [2.75, 3.05) is 13.2 Å². The van der Waals surface area contributed by atoms with Gasteiger partial charge in [-0.3, -0.25) is 0 Å². The molecule has 2 rings (SSSR count). The van der Waals surface area contributed by atoms with Crippen LogP contribution >= 0.6 is 0 Å². The maximum absolute atomic E-state index is 6.17. The smallest absolute Gasteiger partial charge is 0.255 e. The summed E-state index contributed by atoms with van der Waals surface area (Å²) in [5, 5.41) is 3.97. The Hall–Kier alpha value is -0.980. The van der Waals surface area contributed by atoms with E-state index in [0.717, 1.165) is 19.3 Å². The van der Waals surface area contributed by atoms with E-state index in [0.29, 0.717) is 24.9 Å². The molecule has 1 aromatic heterocycles. The van der Waals surface area contributed by atoms with Crippen LogP contribution in [0.5, 0.6) is 0 Å². The summed E-state index contributed by atoms with van der Waals surface area (Å²) in [4.78, 5) is 4.37. The largest absolute Gasteiger partial charge is 0.379 e. The lowest BCUT2D eigenvalue weighted by Gasteiger charge is -2.19. The summed E-state index contributed by atoms with van der Waals surface area (Å²) in [5.74, 6) is 0.994. The van der Waals surface area contributed by atoms with Crippen LogP contribution in [0.1, 0.15) is 57.9 Å². The zero-order chi connectivity index (χ0) is 13.9. The van der Waals surface area contributed by atoms with Crippen LogP contribution < -0.4 is 5.73 Å². The Bertz CT molecular complexity index is 406. The van der Waals surface area contributed by atoms with E-state index in [1.54, 1.807) is 0 Å². The molecule has 0 spiro atoms. The van der Waals surface area contributed by atoms with Crippen molar-refractivity contribution >= 4 is 0 Å². The molecule has 6 nitrogen and oxygen atoms in total. The topological polar surface area (TPSA) is 83.4 Å². The van der Waals surface area contributed by atoms with Crippen LogP contribution in [-0.4, -0.2) is 29.5 Å². The molecule has 19 heavy (non-hydrogen) atoms. The normalized spacial score (nSPS) is 26.5. The number of hydrogen-bond donors (Lipinski definition) is 1. The first-order valence-electron chi connectivity index (χ1n) is 6.89. The van der Waals surface area contributed by atoms with Crippen molar-refractivity contribution < 1.29 is 14.0 Å². The van der Waals surface area contributed by atoms with Gasteiger partial charge in [-0.25, -0.2) is 0 Å². The van der Waals surface area contributed by atoms with Crippen LogP contribution in [0.2, 0.25) is 0 Å². The average molecular weight is 269 g/mol. The van der Waals surface area contributed by atoms with Gasteiger partial charge in [0.1, 0.15) is 11.6 Å². The molecule has 108 valence electrons. The maximum atomic E-state index is 6.17. The van der Waals surface area contributed by atoms with Gasteiger partial charge in [-0.05, 0) is 33.1 Å². The molecule has 1 saturated heterocycles. The summed E-state index contributed by atoms with van der Waals surface area (Å²) in [6.45, 7) is 7.00. The summed E-state index contributed by atoms with van der Waals surface area (Å²) >= 11 is 0. The molecule has 2 heterocycles. The van der Waals surface area contributed by atoms with Crippen molar-refractivity contribution in [2.45, 2.75) is 57.8 Å². The molecule has 3 unspecified atom stereocenters. The molecule has 0 aromatic carbocycles. The van der Waals surface area contributed by atoms with Crippen molar-refractivity contribution in [2.24, 2.45) is 5.73 Å². The number of aromatic nitrogens is 2. The SMILES string of the molecule is CCCOCC(C)(N)c1noc(C2CCC(C)O2)n1. The number of hydrogen-bond acceptors (Lipinski definition) is 6. The summed E-state index contributed by atoms with van der Waals surface area (Å²) in [7, 11) is 0. The molecule has 1 aliphatic heterocycles. The van der Waals surface area contributed by atoms with E-state index in [-0.39, 0.29) is 12.2 Å². The Morgan fingerprint density at radius 3 is 2.89 bits per heavy atom. The van der Waals surface area contributed by atoms with E-state index in [1.165, 1.54) is 0 Å². The van der Waals surface area contributed by atoms with Gasteiger partial charge in [0.05, 0.1) is 12.7 Å². The highest BCUT2D eigenvalue weighted by Gasteiger charge is 2.32. The fourth-order valence-electron chi connectivity index (χ4n) is 2.08. The molecular formula is C13H23N3O3. The molecule has 2 N–H and O–H groups in total. The molecule has 6 heteroatoms. The molecular weight excluding hydrogens is 246 g/mol. The molecule has 0 saturated carbocycles. The van der Waals surface area contributed by atoms with E-state index < -0.39 is 5.54 Å². The van der Waals surface area contributed by atoms with Gasteiger partial charge in [0.2, 0.25) is 0 Å². The van der Waals surface area contributed by atoms with Crippen LogP contribution in [0, 0.1) is 0 Å². The molecule has 0 aliphatic carbocycles. The standard InChI is InChI=1S/C13H23N3O3/c1-4-7-17-8-13(3,14)12-15-11(19-16-12)10-6-5-9(2)18-10/h9-10H,4-8,14H2,1-3H3. The number of ether oxygens (including phenoxy) is 2. The Kier molecular flexibility index (Phi) is 4.54. The van der Waals surface area contributed by atoms with E-state index >= 15 is 0 Å². The number of nitrogens with zero attached hydrogens (tertiary/aromatic N) is 2. The maximum Gasteiger partial charge on any atom is 0.255 e. The Morgan fingerprint density at radius 2 is 2.26 bits per heavy atom. The number of nitrogens with two attached hydrogens (primary N) is 1. The van der Waals surface area contributed by atoms with Gasteiger partial charge in [-0.15, -0.1) is 0 Å². The van der Waals surface area contributed by atoms with Gasteiger partial charge < -0.3 is 19.7 Å². The summed E-state index contributed by atoms with van der Waals surface area (Å²) in [5.41, 5.74) is 5.43. The minimum Gasteiger partial charge on any atom is -0.379 e. The lowest BCUT2D eigenvalue weighted by molar-refractivity contribution is 0.0355. The Balaban J connectivity index is 1.99. The highest BCUT2D eigenvalue weighted by Crippen LogP contribution is 2.32. The first-order valence-corrected chi connectivity index (χ1v) is 6.89. The van der Waals surface area contributed by atoms with Crippen LogP contribution in [0.25, 0.3) is 0 Å². The van der Waals surface area contributed by atoms with E-state index in [9.17, 15) is 0 Å². The second kappa shape index (κ2) is 5.98. The second-order valence-electron chi connectivity index (χ2n) is 5.44. The predicted octanol–water partition coefficient (Wildman–Crippen LogP) is 1.91. The predicted molar refractivity (Wildman–Crippen MR) is 69.5 cm³/mol. The van der Waals surface area contributed by atoms with Crippen LogP contribution in [0.15, 0.2) is 4.52 Å². The van der Waals surface area contributed by atoms with Crippen molar-refractivity contribution in [1.29, 1.82) is 0 Å². The summed E-state index contributed by atoms with van der Waals surface area (Å²) in [6.07, 6.45) is 3.04. The van der Waals surface area contributed by atoms with E-state index in [4.69, 9.17) is 19.7 Å². The van der Waals surface area contributed by atoms with Gasteiger partial charge in [0, 0.05) is 6.61 Å². The highest BCUT2D eigenvalue weighted by atomic mass is 16.5. The van der Waals surface area contributed by atoms with Crippen LogP contribution in [0.3, 0.4) is 0 Å². The zero-order valence-electron chi connectivity index (χ0n) is 11.9. The Labute approximate surface area is 113 Å². The molecule has 1 aromatic rings. The van der Waals surface area contributed by atoms with Gasteiger partial charge in [0.25, 0.3) is 5.89 Å². The summed E-state index contributed by atoms with van der Waals surface area (Å²) < 4.78 is 16.4. The third-order valence-corrected chi connectivity index (χ3v) is 3.21. The monoisotopic (exact) mass is 269 g/mol. The molecule has 0 bridgehead atoms. The van der Waals surface area contributed by atoms with E-state index in [2.05, 4.69) is 17.1 Å². The van der Waals surface area contributed by atoms with Crippen molar-refractivity contribution in [3.05, 3.63) is 11.7 Å². The quantitative estimate of drug-likeness (QED) is 0.794. The van der Waals surface area contributed by atoms with Crippen LogP contribution in [-0.2, 0) is 15.0 Å². The van der Waals surface area contributed by atoms with Crippen molar-refractivity contribution in [3.63, 3.8) is 0 Å². The van der Waals surface area contributed by atoms with Gasteiger partial charge in [0.15, 0.2) is 5.82 Å². The van der Waals surface area contributed by atoms with Gasteiger partial charge in [-0.1, -0.05) is 12.1 Å². The first-order chi connectivity index (χ1) is 9.03. The van der Waals surface area contributed by atoms with Gasteiger partial charge >= 0.3 is 0 Å². The zero-order valence-corrected chi connectivity index (χ0v) is 11.9. The Morgan fingerprint density at radius 1 is 1.47 bits per heavy atom. The third kappa shape index (κ3) is 3.52. The minimum absolute atomic E-state index is 0.0939. The molecule has 0 radical (unpaired) electrons. The highest BCUT2D eigenvalue weighted by molar-refractivity contribution is 5.03. The third-order valence-electron chi connectivity index (χ3n) is 3.21. The van der Waals surface area contributed by atoms with Crippen molar-refractivity contribution in [1.82, 2.24) is 10.1 Å².